The molecule has 0 bridgehead atoms. The molecule has 0 aliphatic carbocycles. The van der Waals surface area contributed by atoms with Crippen LogP contribution in [0, 0.1) is 11.3 Å². The van der Waals surface area contributed by atoms with Crippen molar-refractivity contribution in [2.45, 2.75) is 0 Å². The van der Waals surface area contributed by atoms with Gasteiger partial charge in [-0.3, -0.25) is 4.40 Å². The van der Waals surface area contributed by atoms with E-state index in [9.17, 15) is 0 Å². The van der Waals surface area contributed by atoms with Crippen molar-refractivity contribution >= 4 is 17.2 Å². The fraction of sp³-hybridized carbons (Fsp3) is 0. The highest BCUT2D eigenvalue weighted by atomic mass is 35.5. The number of pyridine rings is 1. The first-order valence-corrected chi connectivity index (χ1v) is 5.79. The Bertz CT molecular complexity index is 768. The largest absolute Gasteiger partial charge is 0.300 e. The Morgan fingerprint density at radius 1 is 1.22 bits per heavy atom. The SMILES string of the molecule is N#Cc1ccccc1-c1cnc2cc(Cl)ccn12. The second kappa shape index (κ2) is 4.17. The van der Waals surface area contributed by atoms with Crippen LogP contribution < -0.4 is 0 Å². The normalized spacial score (nSPS) is 10.4. The number of hydrogen-bond acceptors (Lipinski definition) is 2. The Hall–Kier alpha value is -2.31. The molecule has 3 nitrogen and oxygen atoms in total. The summed E-state index contributed by atoms with van der Waals surface area (Å²) in [5.41, 5.74) is 3.16. The molecule has 0 spiro atoms. The van der Waals surface area contributed by atoms with E-state index in [0.717, 1.165) is 16.9 Å². The van der Waals surface area contributed by atoms with Crippen LogP contribution in [0.2, 0.25) is 5.02 Å². The Labute approximate surface area is 109 Å². The van der Waals surface area contributed by atoms with E-state index in [0.29, 0.717) is 10.6 Å². The summed E-state index contributed by atoms with van der Waals surface area (Å²) in [5.74, 6) is 0. The van der Waals surface area contributed by atoms with Crippen molar-refractivity contribution < 1.29 is 0 Å². The van der Waals surface area contributed by atoms with Gasteiger partial charge in [-0.15, -0.1) is 0 Å². The summed E-state index contributed by atoms with van der Waals surface area (Å²) in [4.78, 5) is 4.30. The van der Waals surface area contributed by atoms with Crippen molar-refractivity contribution in [3.8, 4) is 17.3 Å². The summed E-state index contributed by atoms with van der Waals surface area (Å²) in [6, 6.07) is 13.3. The molecule has 0 atom stereocenters. The minimum atomic E-state index is 0.634. The molecular formula is C14H8ClN3. The number of rotatable bonds is 1. The fourth-order valence-corrected chi connectivity index (χ4v) is 2.11. The zero-order chi connectivity index (χ0) is 12.5. The predicted octanol–water partition coefficient (Wildman–Crippen LogP) is 3.53. The third-order valence-electron chi connectivity index (χ3n) is 2.80. The number of hydrogen-bond donors (Lipinski definition) is 0. The van der Waals surface area contributed by atoms with Crippen LogP contribution in [0.5, 0.6) is 0 Å². The summed E-state index contributed by atoms with van der Waals surface area (Å²) in [5, 5.41) is 9.78. The summed E-state index contributed by atoms with van der Waals surface area (Å²) in [6.45, 7) is 0. The molecule has 0 aliphatic rings. The maximum atomic E-state index is 9.13. The van der Waals surface area contributed by atoms with Gasteiger partial charge in [-0.2, -0.15) is 5.26 Å². The van der Waals surface area contributed by atoms with Gasteiger partial charge in [0.05, 0.1) is 23.5 Å². The van der Waals surface area contributed by atoms with Crippen LogP contribution in [0.15, 0.2) is 48.8 Å². The topological polar surface area (TPSA) is 41.1 Å². The molecule has 86 valence electrons. The lowest BCUT2D eigenvalue weighted by molar-refractivity contribution is 1.19. The smallest absolute Gasteiger partial charge is 0.138 e. The van der Waals surface area contributed by atoms with E-state index in [2.05, 4.69) is 11.1 Å². The van der Waals surface area contributed by atoms with Crippen molar-refractivity contribution in [1.82, 2.24) is 9.38 Å². The van der Waals surface area contributed by atoms with E-state index in [-0.39, 0.29) is 0 Å². The van der Waals surface area contributed by atoms with E-state index in [1.165, 1.54) is 0 Å². The average molecular weight is 254 g/mol. The summed E-state index contributed by atoms with van der Waals surface area (Å²) >= 11 is 5.93. The lowest BCUT2D eigenvalue weighted by Gasteiger charge is -2.03. The van der Waals surface area contributed by atoms with Crippen LogP contribution in [0.3, 0.4) is 0 Å². The Kier molecular flexibility index (Phi) is 2.51. The zero-order valence-corrected chi connectivity index (χ0v) is 10.1. The third-order valence-corrected chi connectivity index (χ3v) is 3.03. The van der Waals surface area contributed by atoms with Gasteiger partial charge in [-0.05, 0) is 12.1 Å². The van der Waals surface area contributed by atoms with Gasteiger partial charge in [0.15, 0.2) is 0 Å². The van der Waals surface area contributed by atoms with Gasteiger partial charge < -0.3 is 0 Å². The lowest BCUT2D eigenvalue weighted by Crippen LogP contribution is -1.90. The van der Waals surface area contributed by atoms with Crippen molar-refractivity contribution in [2.75, 3.05) is 0 Å². The van der Waals surface area contributed by atoms with Crippen LogP contribution in [-0.4, -0.2) is 9.38 Å². The van der Waals surface area contributed by atoms with Crippen molar-refractivity contribution in [3.05, 3.63) is 59.4 Å². The minimum Gasteiger partial charge on any atom is -0.300 e. The predicted molar refractivity (Wildman–Crippen MR) is 70.4 cm³/mol. The van der Waals surface area contributed by atoms with Crippen LogP contribution in [-0.2, 0) is 0 Å². The molecule has 0 fully saturated rings. The van der Waals surface area contributed by atoms with Crippen LogP contribution in [0.25, 0.3) is 16.9 Å². The lowest BCUT2D eigenvalue weighted by atomic mass is 10.1. The van der Waals surface area contributed by atoms with Crippen LogP contribution >= 0.6 is 11.6 Å². The van der Waals surface area contributed by atoms with Crippen molar-refractivity contribution in [2.24, 2.45) is 0 Å². The number of fused-ring (bicyclic) bond motifs is 1. The van der Waals surface area contributed by atoms with Gasteiger partial charge in [0, 0.05) is 22.8 Å². The van der Waals surface area contributed by atoms with E-state index in [1.54, 1.807) is 24.4 Å². The van der Waals surface area contributed by atoms with Gasteiger partial charge in [0.2, 0.25) is 0 Å². The molecule has 18 heavy (non-hydrogen) atoms. The first-order valence-electron chi connectivity index (χ1n) is 5.42. The molecule has 3 rings (SSSR count). The molecule has 0 saturated heterocycles. The molecular weight excluding hydrogens is 246 g/mol. The standard InChI is InChI=1S/C14H8ClN3/c15-11-5-6-18-13(9-17-14(18)7-11)12-4-2-1-3-10(12)8-16/h1-7,9H. The molecule has 4 heteroatoms. The summed E-state index contributed by atoms with van der Waals surface area (Å²) in [7, 11) is 0. The van der Waals surface area contributed by atoms with E-state index >= 15 is 0 Å². The fourth-order valence-electron chi connectivity index (χ4n) is 1.96. The van der Waals surface area contributed by atoms with Crippen molar-refractivity contribution in [3.63, 3.8) is 0 Å². The van der Waals surface area contributed by atoms with Gasteiger partial charge in [0.25, 0.3) is 0 Å². The number of nitriles is 1. The highest BCUT2D eigenvalue weighted by Gasteiger charge is 2.09. The zero-order valence-electron chi connectivity index (χ0n) is 9.34. The molecule has 1 aromatic carbocycles. The first-order chi connectivity index (χ1) is 8.79. The van der Waals surface area contributed by atoms with E-state index in [1.807, 2.05) is 28.8 Å². The van der Waals surface area contributed by atoms with E-state index < -0.39 is 0 Å². The second-order valence-electron chi connectivity index (χ2n) is 3.87. The minimum absolute atomic E-state index is 0.634. The number of imidazole rings is 1. The molecule has 0 aliphatic heterocycles. The molecule has 2 aromatic heterocycles. The van der Waals surface area contributed by atoms with E-state index in [4.69, 9.17) is 16.9 Å². The van der Waals surface area contributed by atoms with Crippen molar-refractivity contribution in [1.29, 1.82) is 5.26 Å². The molecule has 0 saturated carbocycles. The Morgan fingerprint density at radius 3 is 2.89 bits per heavy atom. The Morgan fingerprint density at radius 2 is 2.06 bits per heavy atom. The van der Waals surface area contributed by atoms with Crippen LogP contribution in [0.4, 0.5) is 0 Å². The summed E-state index contributed by atoms with van der Waals surface area (Å²) < 4.78 is 1.92. The highest BCUT2D eigenvalue weighted by molar-refractivity contribution is 6.30. The number of halogens is 1. The average Bonchev–Trinajstić information content (AvgIpc) is 2.81. The highest BCUT2D eigenvalue weighted by Crippen LogP contribution is 2.25. The molecule has 0 N–H and O–H groups in total. The third kappa shape index (κ3) is 1.64. The monoisotopic (exact) mass is 253 g/mol. The maximum Gasteiger partial charge on any atom is 0.138 e. The van der Waals surface area contributed by atoms with Gasteiger partial charge >= 0.3 is 0 Å². The van der Waals surface area contributed by atoms with Crippen LogP contribution in [0.1, 0.15) is 5.56 Å². The van der Waals surface area contributed by atoms with Gasteiger partial charge in [-0.25, -0.2) is 4.98 Å². The molecule has 0 radical (unpaired) electrons. The maximum absolute atomic E-state index is 9.13. The second-order valence-corrected chi connectivity index (χ2v) is 4.31. The van der Waals surface area contributed by atoms with Gasteiger partial charge in [0.1, 0.15) is 5.65 Å². The summed E-state index contributed by atoms with van der Waals surface area (Å²) in [6.07, 6.45) is 3.61. The number of benzene rings is 1. The molecule has 3 aromatic rings. The molecule has 0 unspecified atom stereocenters. The quantitative estimate of drug-likeness (QED) is 0.666. The molecule has 2 heterocycles. The van der Waals surface area contributed by atoms with Gasteiger partial charge in [-0.1, -0.05) is 29.8 Å². The number of nitrogens with zero attached hydrogens (tertiary/aromatic N) is 3. The molecule has 0 amide bonds. The Balaban J connectivity index is 2.30. The first kappa shape index (κ1) is 10.8. The number of aromatic nitrogens is 2.